The Morgan fingerprint density at radius 3 is 2.82 bits per heavy atom. The molecule has 1 unspecified atom stereocenters. The fourth-order valence-electron chi connectivity index (χ4n) is 2.72. The summed E-state index contributed by atoms with van der Waals surface area (Å²) in [7, 11) is 0. The first kappa shape index (κ1) is 11.4. The Bertz CT molecular complexity index is 409. The van der Waals surface area contributed by atoms with Crippen LogP contribution < -0.4 is 0 Å². The average molecular weight is 251 g/mol. The summed E-state index contributed by atoms with van der Waals surface area (Å²) < 4.78 is 19.5. The summed E-state index contributed by atoms with van der Waals surface area (Å²) in [5.41, 5.74) is 1.20. The van der Waals surface area contributed by atoms with Crippen LogP contribution in [0.25, 0.3) is 0 Å². The highest BCUT2D eigenvalue weighted by Gasteiger charge is 2.42. The molecule has 0 aromatic heterocycles. The van der Waals surface area contributed by atoms with Crippen LogP contribution in [0.3, 0.4) is 0 Å². The van der Waals surface area contributed by atoms with Crippen LogP contribution in [-0.4, -0.2) is 20.7 Å². The summed E-state index contributed by atoms with van der Waals surface area (Å²) in [6, 6.07) is 10.6. The van der Waals surface area contributed by atoms with E-state index in [9.17, 15) is 4.21 Å². The number of hydrogen-bond acceptors (Lipinski definition) is 2. The number of nitrogens with zero attached hydrogens (tertiary/aromatic N) is 1. The molecule has 92 valence electrons. The second-order valence-corrected chi connectivity index (χ2v) is 5.86. The van der Waals surface area contributed by atoms with E-state index in [0.717, 1.165) is 19.4 Å². The smallest absolute Gasteiger partial charge is 0.238 e. The fourth-order valence-corrected chi connectivity index (χ4v) is 3.99. The maximum absolute atomic E-state index is 12.0. The lowest BCUT2D eigenvalue weighted by Gasteiger charge is -2.27. The molecule has 1 heterocycles. The van der Waals surface area contributed by atoms with Crippen LogP contribution in [0.1, 0.15) is 31.2 Å². The molecular formula is C13H17NO2S. The van der Waals surface area contributed by atoms with Gasteiger partial charge in [-0.1, -0.05) is 43.2 Å². The normalized spacial score (nSPS) is 33.5. The zero-order valence-corrected chi connectivity index (χ0v) is 10.6. The summed E-state index contributed by atoms with van der Waals surface area (Å²) in [4.78, 5) is 0. The van der Waals surface area contributed by atoms with Gasteiger partial charge in [-0.15, -0.1) is 0 Å². The quantitative estimate of drug-likeness (QED) is 0.808. The predicted octanol–water partition coefficient (Wildman–Crippen LogP) is 2.41. The molecule has 0 radical (unpaired) electrons. The Labute approximate surface area is 105 Å². The lowest BCUT2D eigenvalue weighted by atomic mass is 9.92. The molecule has 1 saturated heterocycles. The molecule has 0 bridgehead atoms. The molecule has 0 amide bonds. The Morgan fingerprint density at radius 1 is 1.24 bits per heavy atom. The zero-order valence-electron chi connectivity index (χ0n) is 9.75. The molecular weight excluding hydrogens is 234 g/mol. The summed E-state index contributed by atoms with van der Waals surface area (Å²) in [5.74, 6) is 0. The Hall–Kier alpha value is -0.710. The minimum absolute atomic E-state index is 0.188. The van der Waals surface area contributed by atoms with Crippen molar-refractivity contribution in [3.05, 3.63) is 35.9 Å². The first-order valence-corrected chi connectivity index (χ1v) is 7.27. The van der Waals surface area contributed by atoms with Crippen molar-refractivity contribution in [3.8, 4) is 0 Å². The lowest BCUT2D eigenvalue weighted by molar-refractivity contribution is 0.145. The third kappa shape index (κ3) is 2.30. The first-order chi connectivity index (χ1) is 8.34. The summed E-state index contributed by atoms with van der Waals surface area (Å²) in [5, 5.41) is 0. The number of benzene rings is 1. The van der Waals surface area contributed by atoms with Gasteiger partial charge in [0.1, 0.15) is 0 Å². The largest absolute Gasteiger partial charge is 0.273 e. The molecule has 2 aliphatic rings. The molecule has 3 rings (SSSR count). The van der Waals surface area contributed by atoms with Crippen molar-refractivity contribution in [1.82, 2.24) is 4.31 Å². The average Bonchev–Trinajstić information content (AvgIpc) is 2.68. The molecule has 4 heteroatoms. The van der Waals surface area contributed by atoms with Crippen LogP contribution in [0.5, 0.6) is 0 Å². The predicted molar refractivity (Wildman–Crippen MR) is 67.3 cm³/mol. The van der Waals surface area contributed by atoms with Crippen LogP contribution in [0.2, 0.25) is 0 Å². The highest BCUT2D eigenvalue weighted by Crippen LogP contribution is 2.34. The van der Waals surface area contributed by atoms with Gasteiger partial charge in [0.15, 0.2) is 0 Å². The highest BCUT2D eigenvalue weighted by molar-refractivity contribution is 7.78. The monoisotopic (exact) mass is 251 g/mol. The van der Waals surface area contributed by atoms with Gasteiger partial charge in [0.25, 0.3) is 0 Å². The molecule has 1 aromatic rings. The van der Waals surface area contributed by atoms with Crippen LogP contribution in [-0.2, 0) is 22.0 Å². The van der Waals surface area contributed by atoms with Gasteiger partial charge in [-0.25, -0.2) is 4.21 Å². The van der Waals surface area contributed by atoms with Crippen molar-refractivity contribution < 1.29 is 8.39 Å². The first-order valence-electron chi connectivity index (χ1n) is 6.24. The molecule has 3 nitrogen and oxygen atoms in total. The van der Waals surface area contributed by atoms with Gasteiger partial charge in [0.05, 0.1) is 12.1 Å². The van der Waals surface area contributed by atoms with Crippen molar-refractivity contribution in [1.29, 1.82) is 0 Å². The number of fused-ring (bicyclic) bond motifs is 1. The Balaban J connectivity index is 1.76. The maximum atomic E-state index is 12.0. The van der Waals surface area contributed by atoms with E-state index in [4.69, 9.17) is 4.18 Å². The molecule has 0 N–H and O–H groups in total. The summed E-state index contributed by atoms with van der Waals surface area (Å²) >= 11 is -1.25. The van der Waals surface area contributed by atoms with Crippen molar-refractivity contribution in [2.75, 3.05) is 0 Å². The van der Waals surface area contributed by atoms with Crippen molar-refractivity contribution in [2.24, 2.45) is 0 Å². The lowest BCUT2D eigenvalue weighted by Crippen LogP contribution is -2.37. The second kappa shape index (κ2) is 4.88. The second-order valence-electron chi connectivity index (χ2n) is 4.76. The van der Waals surface area contributed by atoms with Gasteiger partial charge in [-0.05, 0) is 18.4 Å². The molecule has 3 atom stereocenters. The van der Waals surface area contributed by atoms with Crippen molar-refractivity contribution in [2.45, 2.75) is 44.4 Å². The molecule has 2 fully saturated rings. The van der Waals surface area contributed by atoms with E-state index in [2.05, 4.69) is 12.1 Å². The maximum Gasteiger partial charge on any atom is 0.238 e. The minimum atomic E-state index is -1.25. The van der Waals surface area contributed by atoms with Crippen LogP contribution >= 0.6 is 0 Å². The SMILES string of the molecule is O=S1O[C@H]2CCCC[C@@H]2N1Cc1ccccc1. The fraction of sp³-hybridized carbons (Fsp3) is 0.538. The van der Waals surface area contributed by atoms with E-state index in [1.807, 2.05) is 22.5 Å². The van der Waals surface area contributed by atoms with Gasteiger partial charge < -0.3 is 0 Å². The third-order valence-electron chi connectivity index (χ3n) is 3.62. The van der Waals surface area contributed by atoms with E-state index in [1.165, 1.54) is 18.4 Å². The zero-order chi connectivity index (χ0) is 11.7. The molecule has 1 aliphatic heterocycles. The molecule has 0 spiro atoms. The van der Waals surface area contributed by atoms with Gasteiger partial charge in [-0.2, -0.15) is 4.31 Å². The van der Waals surface area contributed by atoms with E-state index in [0.29, 0.717) is 6.04 Å². The molecule has 1 saturated carbocycles. The topological polar surface area (TPSA) is 29.5 Å². The van der Waals surface area contributed by atoms with E-state index < -0.39 is 11.3 Å². The van der Waals surface area contributed by atoms with Crippen molar-refractivity contribution in [3.63, 3.8) is 0 Å². The standard InChI is InChI=1S/C13H17NO2S/c15-17-14(10-11-6-2-1-3-7-11)12-8-4-5-9-13(12)16-17/h1-3,6-7,12-13H,4-5,8-10H2/t12-,13-,17?/m0/s1. The van der Waals surface area contributed by atoms with Gasteiger partial charge in [-0.3, -0.25) is 4.18 Å². The van der Waals surface area contributed by atoms with E-state index >= 15 is 0 Å². The van der Waals surface area contributed by atoms with E-state index in [-0.39, 0.29) is 6.10 Å². The van der Waals surface area contributed by atoms with Gasteiger partial charge >= 0.3 is 0 Å². The summed E-state index contributed by atoms with van der Waals surface area (Å²) in [6.45, 7) is 0.731. The minimum Gasteiger partial charge on any atom is -0.273 e. The molecule has 1 aromatic carbocycles. The third-order valence-corrected chi connectivity index (χ3v) is 4.81. The van der Waals surface area contributed by atoms with Crippen LogP contribution in [0.15, 0.2) is 30.3 Å². The molecule has 1 aliphatic carbocycles. The van der Waals surface area contributed by atoms with Crippen molar-refractivity contribution >= 4 is 11.3 Å². The number of rotatable bonds is 2. The van der Waals surface area contributed by atoms with Gasteiger partial charge in [0.2, 0.25) is 11.3 Å². The molecule has 17 heavy (non-hydrogen) atoms. The Morgan fingerprint density at radius 2 is 2.00 bits per heavy atom. The van der Waals surface area contributed by atoms with E-state index in [1.54, 1.807) is 0 Å². The summed E-state index contributed by atoms with van der Waals surface area (Å²) in [6.07, 6.45) is 4.79. The number of hydrogen-bond donors (Lipinski definition) is 0. The van der Waals surface area contributed by atoms with Crippen LogP contribution in [0.4, 0.5) is 0 Å². The Kier molecular flexibility index (Phi) is 3.27. The highest BCUT2D eigenvalue weighted by atomic mass is 32.2. The van der Waals surface area contributed by atoms with Crippen LogP contribution in [0, 0.1) is 0 Å². The van der Waals surface area contributed by atoms with Gasteiger partial charge in [0, 0.05) is 6.54 Å².